The number of allylic oxidation sites excluding steroid dienone is 3. The number of aliphatic hydroxyl groups excluding tert-OH is 14. The molecule has 0 bridgehead atoms. The quantitative estimate of drug-likeness (QED) is 0.0572. The van der Waals surface area contributed by atoms with E-state index in [0.717, 1.165) is 31.3 Å². The summed E-state index contributed by atoms with van der Waals surface area (Å²) in [5.74, 6) is -0.574. The van der Waals surface area contributed by atoms with Crippen LogP contribution >= 0.6 is 0 Å². The van der Waals surface area contributed by atoms with Crippen LogP contribution in [0.5, 0.6) is 0 Å². The lowest BCUT2D eigenvalue weighted by Crippen LogP contribution is -2.66. The van der Waals surface area contributed by atoms with Crippen LogP contribution in [-0.2, 0) is 52.2 Å². The number of carbonyl (C=O) groups excluding carboxylic acids is 1. The zero-order valence-electron chi connectivity index (χ0n) is 48.4. The van der Waals surface area contributed by atoms with E-state index >= 15 is 4.79 Å². The highest BCUT2D eigenvalue weighted by Crippen LogP contribution is 2.75. The van der Waals surface area contributed by atoms with Crippen molar-refractivity contribution in [2.24, 2.45) is 44.8 Å². The molecular formula is C58H92O25. The first-order valence-corrected chi connectivity index (χ1v) is 29.8. The maximum Gasteiger partial charge on any atom is 0.315 e. The number of fused-ring (bicyclic) bond motifs is 7. The first-order valence-electron chi connectivity index (χ1n) is 29.8. The molecule has 0 spiro atoms. The Labute approximate surface area is 483 Å². The van der Waals surface area contributed by atoms with Gasteiger partial charge < -0.3 is 119 Å². The van der Waals surface area contributed by atoms with Crippen molar-refractivity contribution in [1.82, 2.24) is 0 Å². The Balaban J connectivity index is 0.815. The fourth-order valence-corrected chi connectivity index (χ4v) is 17.1. The molecule has 10 aliphatic rings. The highest BCUT2D eigenvalue weighted by atomic mass is 16.8. The molecule has 0 amide bonds. The minimum Gasteiger partial charge on any atom is -0.432 e. The van der Waals surface area contributed by atoms with Gasteiger partial charge in [-0.25, -0.2) is 0 Å². The number of hydrogen-bond acceptors (Lipinski definition) is 25. The Morgan fingerprint density at radius 3 is 1.83 bits per heavy atom. The molecule has 25 nitrogen and oxygen atoms in total. The molecule has 5 heterocycles. The summed E-state index contributed by atoms with van der Waals surface area (Å²) in [5.41, 5.74) is -0.119. The highest BCUT2D eigenvalue weighted by Gasteiger charge is 2.70. The van der Waals surface area contributed by atoms with Crippen LogP contribution in [0.15, 0.2) is 23.8 Å². The SMILES string of the molecule is C=C1CC[C@]2(C(=O)O[C@H]3O[C@H](CO[C@@H]4O[C@H](CO)[C@@H](O[C@H]5O[C@@H](C)[C@H](O)[C@@H](O)[C@H]5O)[C@H](O)[C@@H]4O)[C@@H](O)[C@H](O)[C@H]3O)CC[C@]3(C)C(=CC[C@H]4[C@]5(C)CC[C@H](O[C@@H]6OC[C@H](O)[C@H](O)[C@H]6O[C@@H]6O[C@@H](C)[C@H](O)[C@@H](O)[C@H]6O)C(C)(C)[C@@H]5CC[C@@]43C)[C@H]2C1. The van der Waals surface area contributed by atoms with Crippen LogP contribution in [-0.4, -0.2) is 251 Å². The third-order valence-corrected chi connectivity index (χ3v) is 22.5. The Morgan fingerprint density at radius 2 is 1.19 bits per heavy atom. The van der Waals surface area contributed by atoms with Crippen molar-refractivity contribution in [1.29, 1.82) is 0 Å². The maximum absolute atomic E-state index is 15.1. The van der Waals surface area contributed by atoms with Gasteiger partial charge in [0.05, 0.1) is 43.5 Å². The summed E-state index contributed by atoms with van der Waals surface area (Å²) < 4.78 is 59.4. The van der Waals surface area contributed by atoms with Gasteiger partial charge in [-0.15, -0.1) is 0 Å². The molecule has 5 aliphatic heterocycles. The topological polar surface area (TPSA) is 393 Å². The molecule has 0 radical (unpaired) electrons. The van der Waals surface area contributed by atoms with E-state index in [1.807, 2.05) is 0 Å². The smallest absolute Gasteiger partial charge is 0.315 e. The fourth-order valence-electron chi connectivity index (χ4n) is 17.1. The van der Waals surface area contributed by atoms with E-state index in [0.29, 0.717) is 38.5 Å². The second-order valence-electron chi connectivity index (χ2n) is 27.2. The molecular weight excluding hydrogens is 1100 g/mol. The third-order valence-electron chi connectivity index (χ3n) is 22.5. The lowest BCUT2D eigenvalue weighted by molar-refractivity contribution is -0.364. The molecule has 5 saturated heterocycles. The molecule has 4 saturated carbocycles. The van der Waals surface area contributed by atoms with Gasteiger partial charge in [-0.3, -0.25) is 4.79 Å². The van der Waals surface area contributed by atoms with E-state index < -0.39 is 177 Å². The second-order valence-corrected chi connectivity index (χ2v) is 27.2. The van der Waals surface area contributed by atoms with Gasteiger partial charge in [0.2, 0.25) is 6.29 Å². The first-order chi connectivity index (χ1) is 38.9. The van der Waals surface area contributed by atoms with Crippen molar-refractivity contribution in [2.45, 2.75) is 266 Å². The maximum atomic E-state index is 15.1. The molecule has 14 N–H and O–H groups in total. The fraction of sp³-hybridized carbons (Fsp3) is 0.914. The lowest BCUT2D eigenvalue weighted by Gasteiger charge is -2.71. The average molecular weight is 1190 g/mol. The third kappa shape index (κ3) is 10.7. The van der Waals surface area contributed by atoms with Crippen LogP contribution in [0.2, 0.25) is 0 Å². The van der Waals surface area contributed by atoms with Crippen molar-refractivity contribution < 1.29 is 124 Å². The molecule has 0 aromatic rings. The van der Waals surface area contributed by atoms with Crippen LogP contribution < -0.4 is 0 Å². The van der Waals surface area contributed by atoms with E-state index in [1.54, 1.807) is 0 Å². The van der Waals surface area contributed by atoms with Gasteiger partial charge in [0, 0.05) is 5.92 Å². The van der Waals surface area contributed by atoms with Crippen molar-refractivity contribution >= 4 is 5.97 Å². The van der Waals surface area contributed by atoms with Crippen LogP contribution in [0.25, 0.3) is 0 Å². The van der Waals surface area contributed by atoms with Gasteiger partial charge in [0.25, 0.3) is 0 Å². The number of hydrogen-bond donors (Lipinski definition) is 14. The molecule has 10 rings (SSSR count). The van der Waals surface area contributed by atoms with Crippen molar-refractivity contribution in [3.8, 4) is 0 Å². The summed E-state index contributed by atoms with van der Waals surface area (Å²) in [4.78, 5) is 15.1. The van der Waals surface area contributed by atoms with Gasteiger partial charge in [0.15, 0.2) is 25.2 Å². The van der Waals surface area contributed by atoms with E-state index in [9.17, 15) is 71.5 Å². The predicted molar refractivity (Wildman–Crippen MR) is 282 cm³/mol. The summed E-state index contributed by atoms with van der Waals surface area (Å²) in [5, 5.41) is 151. The van der Waals surface area contributed by atoms with Gasteiger partial charge in [0.1, 0.15) is 104 Å². The summed E-state index contributed by atoms with van der Waals surface area (Å²) in [6.07, 6.45) is -28.6. The monoisotopic (exact) mass is 1190 g/mol. The van der Waals surface area contributed by atoms with Crippen molar-refractivity contribution in [3.63, 3.8) is 0 Å². The minimum atomic E-state index is -1.89. The molecule has 0 aromatic carbocycles. The first kappa shape index (κ1) is 64.0. The summed E-state index contributed by atoms with van der Waals surface area (Å²) in [6.45, 7) is 17.2. The largest absolute Gasteiger partial charge is 0.432 e. The summed E-state index contributed by atoms with van der Waals surface area (Å²) in [7, 11) is 0. The zero-order chi connectivity index (χ0) is 60.4. The average Bonchev–Trinajstić information content (AvgIpc) is 0.778. The standard InChI is InChI=1S/C58H92O25/c1-23-11-16-58(53(73)83-51-44(71)40(67)37(64)30(79-51)22-75-48-45(72)41(68)46(29(20-59)78-48)81-49-42(69)38(65)34(61)24(2)76-49)18-17-56(7)26(27(58)19-23)9-10-32-55(6)14-13-33(54(4,5)31(55)12-15-57(32,56)8)80-52-47(36(63)28(60)21-74-52)82-50-43(70)39(66)35(62)25(3)77-50/h9,24-25,27-52,59-72H,1,10-22H2,2-8H3/t24-,25-,27+,28-,29+,30+,31-,32-,33-,34-,35-,36-,37+,38+,39+,40-,41+,42+,43+,44+,45-,46+,47+,48+,49+,50-,51+,52-,55+,56+,57-,58-/m0/s1. The van der Waals surface area contributed by atoms with Crippen LogP contribution in [0.3, 0.4) is 0 Å². The Hall–Kier alpha value is -1.97. The lowest BCUT2D eigenvalue weighted by atomic mass is 9.34. The van der Waals surface area contributed by atoms with E-state index in [1.165, 1.54) is 19.4 Å². The number of carbonyl (C=O) groups is 1. The van der Waals surface area contributed by atoms with Gasteiger partial charge in [-0.05, 0) is 112 Å². The summed E-state index contributed by atoms with van der Waals surface area (Å²) in [6, 6.07) is 0. The molecule has 32 atom stereocenters. The van der Waals surface area contributed by atoms with Gasteiger partial charge in [-0.2, -0.15) is 0 Å². The normalized spacial score (nSPS) is 54.5. The molecule has 5 aliphatic carbocycles. The Bertz CT molecular complexity index is 2340. The Morgan fingerprint density at radius 1 is 0.602 bits per heavy atom. The van der Waals surface area contributed by atoms with E-state index in [4.69, 9.17) is 47.4 Å². The molecule has 9 fully saturated rings. The van der Waals surface area contributed by atoms with E-state index in [-0.39, 0.29) is 46.7 Å². The summed E-state index contributed by atoms with van der Waals surface area (Å²) >= 11 is 0. The minimum absolute atomic E-state index is 0.161. The number of esters is 1. The number of ether oxygens (including phenoxy) is 10. The van der Waals surface area contributed by atoms with E-state index in [2.05, 4.69) is 47.3 Å². The van der Waals surface area contributed by atoms with Crippen LogP contribution in [0, 0.1) is 44.8 Å². The molecule has 83 heavy (non-hydrogen) atoms. The van der Waals surface area contributed by atoms with Gasteiger partial charge in [-0.1, -0.05) is 58.4 Å². The Kier molecular flexibility index (Phi) is 18.3. The predicted octanol–water partition coefficient (Wildman–Crippen LogP) is -1.99. The highest BCUT2D eigenvalue weighted by molar-refractivity contribution is 5.79. The molecule has 474 valence electrons. The molecule has 0 unspecified atom stereocenters. The van der Waals surface area contributed by atoms with Crippen LogP contribution in [0.4, 0.5) is 0 Å². The van der Waals surface area contributed by atoms with Crippen LogP contribution in [0.1, 0.15) is 113 Å². The van der Waals surface area contributed by atoms with Gasteiger partial charge >= 0.3 is 5.97 Å². The molecule has 0 aromatic heterocycles. The zero-order valence-corrected chi connectivity index (χ0v) is 48.4. The van der Waals surface area contributed by atoms with Crippen molar-refractivity contribution in [2.75, 3.05) is 19.8 Å². The number of aliphatic hydroxyl groups is 14. The molecule has 25 heteroatoms. The number of rotatable bonds is 12. The van der Waals surface area contributed by atoms with Crippen molar-refractivity contribution in [3.05, 3.63) is 23.8 Å². The second kappa shape index (κ2) is 23.8.